The van der Waals surface area contributed by atoms with Gasteiger partial charge in [-0.2, -0.15) is 0 Å². The second kappa shape index (κ2) is 6.73. The first-order valence-electron chi connectivity index (χ1n) is 9.47. The van der Waals surface area contributed by atoms with Gasteiger partial charge in [-0.05, 0) is 28.0 Å². The van der Waals surface area contributed by atoms with Crippen LogP contribution in [0.5, 0.6) is 0 Å². The Hall–Kier alpha value is -3.69. The monoisotopic (exact) mass is 378 g/mol. The molecule has 5 rings (SSSR count). The van der Waals surface area contributed by atoms with Gasteiger partial charge in [0.25, 0.3) is 5.79 Å². The van der Waals surface area contributed by atoms with E-state index in [1.165, 1.54) is 0 Å². The zero-order valence-corrected chi connectivity index (χ0v) is 15.6. The summed E-state index contributed by atoms with van der Waals surface area (Å²) < 4.78 is 5.62. The molecule has 4 aromatic rings. The van der Waals surface area contributed by atoms with Crippen LogP contribution in [0.25, 0.3) is 21.9 Å². The summed E-state index contributed by atoms with van der Waals surface area (Å²) in [5.41, 5.74) is 2.83. The molecule has 1 atom stereocenters. The molecule has 1 unspecified atom stereocenters. The highest BCUT2D eigenvalue weighted by Gasteiger charge is 2.48. The second-order valence-electron chi connectivity index (χ2n) is 7.08. The molecule has 0 amide bonds. The highest BCUT2D eigenvalue weighted by Crippen LogP contribution is 2.48. The Bertz CT molecular complexity index is 1240. The normalized spacial score (nSPS) is 18.9. The molecule has 1 aliphatic heterocycles. The fourth-order valence-corrected chi connectivity index (χ4v) is 3.93. The number of benzene rings is 4. The third-order valence-corrected chi connectivity index (χ3v) is 5.30. The molecule has 1 N–H and O–H groups in total. The second-order valence-corrected chi connectivity index (χ2v) is 7.08. The molecule has 0 aromatic heterocycles. The van der Waals surface area contributed by atoms with E-state index in [1.54, 1.807) is 12.1 Å². The number of rotatable bonds is 3. The number of aliphatic hydroxyl groups is 1. The summed E-state index contributed by atoms with van der Waals surface area (Å²) in [7, 11) is 0. The van der Waals surface area contributed by atoms with Crippen molar-refractivity contribution in [1.29, 1.82) is 0 Å². The Morgan fingerprint density at radius 3 is 2.00 bits per heavy atom. The van der Waals surface area contributed by atoms with E-state index in [4.69, 9.17) is 4.74 Å². The van der Waals surface area contributed by atoms with Crippen molar-refractivity contribution < 1.29 is 14.6 Å². The maximum atomic E-state index is 13.0. The molecule has 1 aliphatic rings. The number of carbonyl (C=O) groups is 1. The van der Waals surface area contributed by atoms with Crippen LogP contribution in [0.15, 0.2) is 103 Å². The van der Waals surface area contributed by atoms with Gasteiger partial charge in [-0.25, -0.2) is 4.79 Å². The molecule has 3 nitrogen and oxygen atoms in total. The molecule has 0 bridgehead atoms. The average Bonchev–Trinajstić information content (AvgIpc) is 3.06. The Labute approximate surface area is 168 Å². The van der Waals surface area contributed by atoms with E-state index >= 15 is 0 Å². The van der Waals surface area contributed by atoms with Crippen molar-refractivity contribution in [2.75, 3.05) is 0 Å². The predicted octanol–water partition coefficient (Wildman–Crippen LogP) is 5.15. The van der Waals surface area contributed by atoms with E-state index < -0.39 is 11.8 Å². The zero-order chi connectivity index (χ0) is 19.8. The van der Waals surface area contributed by atoms with Gasteiger partial charge in [0, 0.05) is 5.56 Å². The maximum Gasteiger partial charge on any atom is 0.342 e. The van der Waals surface area contributed by atoms with E-state index in [-0.39, 0.29) is 0 Å². The van der Waals surface area contributed by atoms with Crippen LogP contribution in [0.3, 0.4) is 0 Å². The van der Waals surface area contributed by atoms with E-state index in [9.17, 15) is 9.90 Å². The lowest BCUT2D eigenvalue weighted by atomic mass is 9.87. The van der Waals surface area contributed by atoms with Gasteiger partial charge in [0.05, 0.1) is 11.1 Å². The first-order chi connectivity index (χ1) is 14.2. The lowest BCUT2D eigenvalue weighted by Gasteiger charge is -2.25. The molecule has 0 aliphatic carbocycles. The quantitative estimate of drug-likeness (QED) is 0.501. The number of cyclic esters (lactones) is 1. The lowest BCUT2D eigenvalue weighted by molar-refractivity contribution is -0.178. The zero-order valence-electron chi connectivity index (χ0n) is 15.6. The van der Waals surface area contributed by atoms with Gasteiger partial charge in [0.15, 0.2) is 0 Å². The number of hydrogen-bond donors (Lipinski definition) is 1. The summed E-state index contributed by atoms with van der Waals surface area (Å²) in [4.78, 5) is 13.0. The van der Waals surface area contributed by atoms with Crippen molar-refractivity contribution >= 4 is 27.9 Å². The van der Waals surface area contributed by atoms with Gasteiger partial charge in [-0.15, -0.1) is 0 Å². The third-order valence-electron chi connectivity index (χ3n) is 5.30. The van der Waals surface area contributed by atoms with Crippen LogP contribution in [0.2, 0.25) is 0 Å². The minimum atomic E-state index is -1.85. The summed E-state index contributed by atoms with van der Waals surface area (Å²) in [5, 5.41) is 13.7. The molecule has 0 saturated carbocycles. The molecule has 0 spiro atoms. The molecule has 0 fully saturated rings. The number of fused-ring (bicyclic) bond motifs is 1. The summed E-state index contributed by atoms with van der Waals surface area (Å²) in [6, 6.07) is 32.3. The Morgan fingerprint density at radius 2 is 1.28 bits per heavy atom. The van der Waals surface area contributed by atoms with Crippen molar-refractivity contribution in [3.05, 3.63) is 120 Å². The van der Waals surface area contributed by atoms with Crippen LogP contribution >= 0.6 is 0 Å². The van der Waals surface area contributed by atoms with Crippen LogP contribution in [0, 0.1) is 0 Å². The van der Waals surface area contributed by atoms with Gasteiger partial charge in [-0.3, -0.25) is 0 Å². The van der Waals surface area contributed by atoms with Crippen LogP contribution in [0.1, 0.15) is 16.7 Å². The first kappa shape index (κ1) is 17.4. The Kier molecular flexibility index (Phi) is 4.04. The van der Waals surface area contributed by atoms with Crippen molar-refractivity contribution in [3.63, 3.8) is 0 Å². The number of hydrogen-bond acceptors (Lipinski definition) is 3. The Morgan fingerprint density at radius 1 is 0.655 bits per heavy atom. The smallest absolute Gasteiger partial charge is 0.342 e. The lowest BCUT2D eigenvalue weighted by Crippen LogP contribution is -2.28. The van der Waals surface area contributed by atoms with E-state index in [1.807, 2.05) is 91.0 Å². The highest BCUT2D eigenvalue weighted by atomic mass is 16.7. The van der Waals surface area contributed by atoms with Crippen LogP contribution in [-0.2, 0) is 15.3 Å². The van der Waals surface area contributed by atoms with E-state index in [0.29, 0.717) is 16.7 Å². The molecule has 0 radical (unpaired) electrons. The fourth-order valence-electron chi connectivity index (χ4n) is 3.93. The molecular weight excluding hydrogens is 360 g/mol. The van der Waals surface area contributed by atoms with E-state index in [0.717, 1.165) is 21.9 Å². The van der Waals surface area contributed by atoms with Gasteiger partial charge >= 0.3 is 5.97 Å². The molecule has 4 aromatic carbocycles. The minimum absolute atomic E-state index is 0.383. The van der Waals surface area contributed by atoms with Crippen LogP contribution in [-0.4, -0.2) is 11.1 Å². The van der Waals surface area contributed by atoms with Gasteiger partial charge in [0.1, 0.15) is 0 Å². The molecule has 0 saturated heterocycles. The predicted molar refractivity (Wildman–Crippen MR) is 114 cm³/mol. The molecular formula is C26H18O3. The number of ether oxygens (including phenoxy) is 1. The first-order valence-corrected chi connectivity index (χ1v) is 9.47. The largest absolute Gasteiger partial charge is 0.421 e. The van der Waals surface area contributed by atoms with Gasteiger partial charge < -0.3 is 9.84 Å². The number of carbonyl (C=O) groups excluding carboxylic acids is 1. The van der Waals surface area contributed by atoms with Crippen molar-refractivity contribution in [3.8, 4) is 0 Å². The summed E-state index contributed by atoms with van der Waals surface area (Å²) >= 11 is 0. The molecule has 1 heterocycles. The van der Waals surface area contributed by atoms with Crippen LogP contribution in [0.4, 0.5) is 0 Å². The van der Waals surface area contributed by atoms with Crippen molar-refractivity contribution in [2.45, 2.75) is 5.79 Å². The van der Waals surface area contributed by atoms with Gasteiger partial charge in [0.2, 0.25) is 0 Å². The SMILES string of the molecule is O=C1OC(O)(c2ccccc2)C(c2ccccc2)=C1c1ccc2ccccc2c1. The maximum absolute atomic E-state index is 13.0. The van der Waals surface area contributed by atoms with Crippen molar-refractivity contribution in [1.82, 2.24) is 0 Å². The van der Waals surface area contributed by atoms with E-state index in [2.05, 4.69) is 0 Å². The van der Waals surface area contributed by atoms with Crippen molar-refractivity contribution in [2.24, 2.45) is 0 Å². The van der Waals surface area contributed by atoms with Gasteiger partial charge in [-0.1, -0.05) is 97.1 Å². The average molecular weight is 378 g/mol. The van der Waals surface area contributed by atoms with Crippen LogP contribution < -0.4 is 0 Å². The number of esters is 1. The summed E-state index contributed by atoms with van der Waals surface area (Å²) in [6.45, 7) is 0. The fraction of sp³-hybridized carbons (Fsp3) is 0.0385. The standard InChI is InChI=1S/C26H18O3/c27-25-23(21-16-15-18-9-7-8-12-20(18)17-21)24(19-10-3-1-4-11-19)26(28,29-25)22-13-5-2-6-14-22/h1-17,28H. The molecule has 3 heteroatoms. The molecule has 140 valence electrons. The Balaban J connectivity index is 1.80. The summed E-state index contributed by atoms with van der Waals surface area (Å²) in [5.74, 6) is -2.38. The third kappa shape index (κ3) is 2.84. The topological polar surface area (TPSA) is 46.5 Å². The summed E-state index contributed by atoms with van der Waals surface area (Å²) in [6.07, 6.45) is 0. The minimum Gasteiger partial charge on any atom is -0.421 e. The molecule has 29 heavy (non-hydrogen) atoms. The highest BCUT2D eigenvalue weighted by molar-refractivity contribution is 6.28.